The van der Waals surface area contributed by atoms with Crippen LogP contribution in [0.4, 0.5) is 10.6 Å². The highest BCUT2D eigenvalue weighted by Crippen LogP contribution is 2.37. The second-order valence-corrected chi connectivity index (χ2v) is 7.25. The van der Waals surface area contributed by atoms with Gasteiger partial charge in [-0.2, -0.15) is 0 Å². The first-order chi connectivity index (χ1) is 15.1. The fourth-order valence-corrected chi connectivity index (χ4v) is 3.66. The minimum atomic E-state index is -1.08. The molecule has 4 rings (SSSR count). The summed E-state index contributed by atoms with van der Waals surface area (Å²) < 4.78 is 16.4. The molecule has 1 saturated heterocycles. The summed E-state index contributed by atoms with van der Waals surface area (Å²) in [6.07, 6.45) is 0.393. The second kappa shape index (κ2) is 9.23. The number of benzene rings is 1. The number of pyridine rings is 1. The summed E-state index contributed by atoms with van der Waals surface area (Å²) in [4.78, 5) is 20.0. The fraction of sp³-hybridized carbons (Fsp3) is 0.364. The van der Waals surface area contributed by atoms with Crippen molar-refractivity contribution in [3.05, 3.63) is 47.8 Å². The van der Waals surface area contributed by atoms with E-state index in [0.29, 0.717) is 44.4 Å². The highest BCUT2D eigenvalue weighted by molar-refractivity contribution is 5.80. The molecule has 0 spiro atoms. The first-order valence-corrected chi connectivity index (χ1v) is 10.1. The Morgan fingerprint density at radius 1 is 1.19 bits per heavy atom. The maximum absolute atomic E-state index is 11.8. The Morgan fingerprint density at radius 3 is 2.61 bits per heavy atom. The zero-order chi connectivity index (χ0) is 21.8. The number of fused-ring (bicyclic) bond motifs is 1. The molecule has 0 unspecified atom stereocenters. The van der Waals surface area contributed by atoms with Crippen LogP contribution in [0.5, 0.6) is 5.75 Å². The van der Waals surface area contributed by atoms with Gasteiger partial charge in [-0.15, -0.1) is 0 Å². The van der Waals surface area contributed by atoms with E-state index in [4.69, 9.17) is 19.2 Å². The molecule has 2 N–H and O–H groups in total. The lowest BCUT2D eigenvalue weighted by atomic mass is 9.95. The number of carboxylic acid groups (broad SMARTS) is 1. The number of aromatic nitrogens is 1. The van der Waals surface area contributed by atoms with Crippen LogP contribution in [-0.2, 0) is 20.8 Å². The molecule has 1 aromatic carbocycles. The fourth-order valence-electron chi connectivity index (χ4n) is 3.66. The summed E-state index contributed by atoms with van der Waals surface area (Å²) in [5.41, 5.74) is 3.06. The van der Waals surface area contributed by atoms with Crippen molar-refractivity contribution in [3.63, 3.8) is 0 Å². The zero-order valence-electron chi connectivity index (χ0n) is 17.3. The minimum absolute atomic E-state index is 0.147. The zero-order valence-corrected chi connectivity index (χ0v) is 17.3. The van der Waals surface area contributed by atoms with E-state index in [-0.39, 0.29) is 18.9 Å². The molecule has 1 fully saturated rings. The first kappa shape index (κ1) is 21.0. The van der Waals surface area contributed by atoms with Crippen molar-refractivity contribution in [1.29, 1.82) is 0 Å². The summed E-state index contributed by atoms with van der Waals surface area (Å²) in [5.74, 6) is 1.32. The van der Waals surface area contributed by atoms with Gasteiger partial charge in [0.2, 0.25) is 0 Å². The number of nitrogens with zero attached hydrogens (tertiary/aromatic N) is 3. The monoisotopic (exact) mass is 427 g/mol. The summed E-state index contributed by atoms with van der Waals surface area (Å²) in [6, 6.07) is 8.81. The third-order valence-electron chi connectivity index (χ3n) is 5.25. The summed E-state index contributed by atoms with van der Waals surface area (Å²) >= 11 is 0. The summed E-state index contributed by atoms with van der Waals surface area (Å²) in [7, 11) is 1.58. The molecule has 164 valence electrons. The predicted molar refractivity (Wildman–Crippen MR) is 114 cm³/mol. The Kier molecular flexibility index (Phi) is 6.24. The van der Waals surface area contributed by atoms with E-state index in [1.54, 1.807) is 19.2 Å². The van der Waals surface area contributed by atoms with Crippen LogP contribution in [0.1, 0.15) is 11.3 Å². The molecule has 0 radical (unpaired) electrons. The van der Waals surface area contributed by atoms with Gasteiger partial charge in [-0.25, -0.2) is 9.78 Å². The third kappa shape index (κ3) is 4.57. The average Bonchev–Trinajstić information content (AvgIpc) is 2.79. The van der Waals surface area contributed by atoms with Gasteiger partial charge < -0.3 is 29.3 Å². The highest BCUT2D eigenvalue weighted by Gasteiger charge is 2.28. The van der Waals surface area contributed by atoms with Crippen LogP contribution in [0.15, 0.2) is 36.5 Å². The predicted octanol–water partition coefficient (Wildman–Crippen LogP) is 2.75. The number of phenols is 1. The molecule has 31 heavy (non-hydrogen) atoms. The minimum Gasteiger partial charge on any atom is -0.508 e. The first-order valence-electron chi connectivity index (χ1n) is 10.1. The number of anilines is 1. The van der Waals surface area contributed by atoms with Gasteiger partial charge in [0, 0.05) is 25.8 Å². The van der Waals surface area contributed by atoms with Crippen molar-refractivity contribution in [1.82, 2.24) is 9.88 Å². The molecular weight excluding hydrogens is 402 g/mol. The van der Waals surface area contributed by atoms with Gasteiger partial charge in [-0.3, -0.25) is 4.90 Å². The number of methoxy groups -OCH3 is 1. The van der Waals surface area contributed by atoms with E-state index in [1.807, 2.05) is 18.2 Å². The number of phenolic OH excluding ortho intramolecular Hbond substituents is 1. The van der Waals surface area contributed by atoms with Crippen LogP contribution in [-0.4, -0.2) is 72.8 Å². The van der Waals surface area contributed by atoms with Crippen molar-refractivity contribution in [2.45, 2.75) is 6.54 Å². The largest absolute Gasteiger partial charge is 0.508 e. The van der Waals surface area contributed by atoms with Crippen molar-refractivity contribution in [3.8, 4) is 16.9 Å². The van der Waals surface area contributed by atoms with Gasteiger partial charge in [0.1, 0.15) is 23.9 Å². The lowest BCUT2D eigenvalue weighted by molar-refractivity contribution is 0.122. The quantitative estimate of drug-likeness (QED) is 0.678. The molecule has 2 aliphatic heterocycles. The second-order valence-electron chi connectivity index (χ2n) is 7.25. The maximum Gasteiger partial charge on any atom is 0.411 e. The lowest BCUT2D eigenvalue weighted by Gasteiger charge is -2.31. The number of ether oxygens (including phenoxy) is 3. The van der Waals surface area contributed by atoms with Gasteiger partial charge in [-0.1, -0.05) is 12.1 Å². The molecule has 1 amide bonds. The maximum atomic E-state index is 11.8. The Balaban J connectivity index is 1.84. The Hall–Kier alpha value is -3.30. The van der Waals surface area contributed by atoms with Crippen LogP contribution in [0.25, 0.3) is 16.9 Å². The van der Waals surface area contributed by atoms with E-state index in [9.17, 15) is 15.0 Å². The molecule has 0 atom stereocenters. The smallest absolute Gasteiger partial charge is 0.411 e. The Labute approximate surface area is 180 Å². The standard InChI is InChI=1S/C22H25N3O6/c1-29-10-11-31-19-14-25(22(27)28)13-18-17(15-2-4-16(26)5-3-15)12-20(23-21(18)19)24-6-8-30-9-7-24/h2-5,12,14,26H,6-11,13H2,1H3,(H,27,28). The van der Waals surface area contributed by atoms with Crippen molar-refractivity contribution in [2.75, 3.05) is 51.5 Å². The SMILES string of the molecule is COCCOC1=CN(C(=O)O)Cc2c(-c3ccc(O)cc3)cc(N3CCOCC3)nc21. The number of morpholine rings is 1. The van der Waals surface area contributed by atoms with Crippen LogP contribution in [0, 0.1) is 0 Å². The third-order valence-corrected chi connectivity index (χ3v) is 5.25. The van der Waals surface area contributed by atoms with E-state index >= 15 is 0 Å². The molecule has 2 aromatic rings. The topological polar surface area (TPSA) is 105 Å². The van der Waals surface area contributed by atoms with Gasteiger partial charge in [0.15, 0.2) is 5.76 Å². The van der Waals surface area contributed by atoms with E-state index < -0.39 is 6.09 Å². The van der Waals surface area contributed by atoms with E-state index in [2.05, 4.69) is 4.90 Å². The average molecular weight is 427 g/mol. The molecule has 1 aromatic heterocycles. The number of rotatable bonds is 6. The van der Waals surface area contributed by atoms with Crippen molar-refractivity contribution in [2.24, 2.45) is 0 Å². The molecule has 0 aliphatic carbocycles. The van der Waals surface area contributed by atoms with Crippen LogP contribution in [0.2, 0.25) is 0 Å². The molecule has 3 heterocycles. The van der Waals surface area contributed by atoms with Gasteiger partial charge in [0.25, 0.3) is 0 Å². The molecule has 0 saturated carbocycles. The van der Waals surface area contributed by atoms with Crippen LogP contribution >= 0.6 is 0 Å². The number of aromatic hydroxyl groups is 1. The van der Waals surface area contributed by atoms with Crippen molar-refractivity contribution < 1.29 is 29.2 Å². The van der Waals surface area contributed by atoms with E-state index in [0.717, 1.165) is 22.5 Å². The molecule has 9 heteroatoms. The Bertz CT molecular complexity index is 970. The number of carbonyl (C=O) groups is 1. The molecular formula is C22H25N3O6. The molecule has 0 bridgehead atoms. The number of hydrogen-bond donors (Lipinski definition) is 2. The lowest BCUT2D eigenvalue weighted by Crippen LogP contribution is -2.37. The van der Waals surface area contributed by atoms with Gasteiger partial charge in [-0.05, 0) is 29.3 Å². The normalized spacial score (nSPS) is 16.0. The van der Waals surface area contributed by atoms with Gasteiger partial charge in [0.05, 0.1) is 32.6 Å². The van der Waals surface area contributed by atoms with E-state index in [1.165, 1.54) is 11.1 Å². The Morgan fingerprint density at radius 2 is 1.94 bits per heavy atom. The van der Waals surface area contributed by atoms with Gasteiger partial charge >= 0.3 is 6.09 Å². The highest BCUT2D eigenvalue weighted by atomic mass is 16.5. The molecule has 2 aliphatic rings. The van der Waals surface area contributed by atoms with Crippen molar-refractivity contribution >= 4 is 17.7 Å². The number of amides is 1. The summed E-state index contributed by atoms with van der Waals surface area (Å²) in [5, 5.41) is 19.4. The number of hydrogen-bond acceptors (Lipinski definition) is 7. The van der Waals surface area contributed by atoms with Crippen LogP contribution < -0.4 is 4.90 Å². The summed E-state index contributed by atoms with van der Waals surface area (Å²) in [6.45, 7) is 3.45. The molecule has 9 nitrogen and oxygen atoms in total. The van der Waals surface area contributed by atoms with Crippen LogP contribution in [0.3, 0.4) is 0 Å².